The van der Waals surface area contributed by atoms with Gasteiger partial charge in [-0.1, -0.05) is 11.6 Å². The molecule has 7 nitrogen and oxygen atoms in total. The van der Waals surface area contributed by atoms with Crippen LogP contribution in [0.15, 0.2) is 29.8 Å². The van der Waals surface area contributed by atoms with Crippen molar-refractivity contribution in [1.82, 2.24) is 0 Å². The number of allylic oxidation sites excluding steroid dienone is 1. The fourth-order valence-corrected chi connectivity index (χ4v) is 3.35. The molecule has 0 aliphatic heterocycles. The fourth-order valence-electron chi connectivity index (χ4n) is 3.35. The van der Waals surface area contributed by atoms with E-state index in [0.29, 0.717) is 22.6 Å². The van der Waals surface area contributed by atoms with Crippen LogP contribution in [0.5, 0.6) is 11.5 Å². The van der Waals surface area contributed by atoms with Crippen molar-refractivity contribution >= 4 is 17.7 Å². The summed E-state index contributed by atoms with van der Waals surface area (Å²) in [5.74, 6) is -3.42. The van der Waals surface area contributed by atoms with Crippen molar-refractivity contribution in [2.75, 3.05) is 28.4 Å². The first-order valence-electron chi connectivity index (χ1n) is 7.99. The summed E-state index contributed by atoms with van der Waals surface area (Å²) in [5.41, 5.74) is 1.11. The van der Waals surface area contributed by atoms with Crippen LogP contribution in [0.3, 0.4) is 0 Å². The van der Waals surface area contributed by atoms with Crippen molar-refractivity contribution in [3.63, 3.8) is 0 Å². The predicted molar refractivity (Wildman–Crippen MR) is 92.1 cm³/mol. The van der Waals surface area contributed by atoms with Crippen LogP contribution in [0.25, 0.3) is 0 Å². The Morgan fingerprint density at radius 1 is 0.885 bits per heavy atom. The average Bonchev–Trinajstić information content (AvgIpc) is 2.65. The van der Waals surface area contributed by atoms with Crippen LogP contribution < -0.4 is 9.47 Å². The molecule has 140 valence electrons. The third-order valence-corrected chi connectivity index (χ3v) is 4.59. The van der Waals surface area contributed by atoms with Gasteiger partial charge >= 0.3 is 11.9 Å². The summed E-state index contributed by atoms with van der Waals surface area (Å²) >= 11 is 0. The molecule has 1 aromatic carbocycles. The predicted octanol–water partition coefficient (Wildman–Crippen LogP) is 1.89. The second kappa shape index (κ2) is 8.03. The van der Waals surface area contributed by atoms with Gasteiger partial charge in [0.25, 0.3) is 0 Å². The maximum atomic E-state index is 12.5. The second-order valence-corrected chi connectivity index (χ2v) is 5.93. The van der Waals surface area contributed by atoms with Gasteiger partial charge in [-0.3, -0.25) is 14.4 Å². The number of methoxy groups -OCH3 is 4. The minimum absolute atomic E-state index is 0.408. The summed E-state index contributed by atoms with van der Waals surface area (Å²) in [6, 6.07) is 5.01. The molecule has 1 aliphatic rings. The van der Waals surface area contributed by atoms with E-state index in [0.717, 1.165) is 0 Å². The normalized spacial score (nSPS) is 22.3. The SMILES string of the molecule is COC(=O)C1C(=O)C=C(C)C(C(=O)OC)C1c1ccc(OC)c(OC)c1. The maximum Gasteiger partial charge on any atom is 0.317 e. The molecule has 0 fully saturated rings. The monoisotopic (exact) mass is 362 g/mol. The summed E-state index contributed by atoms with van der Waals surface area (Å²) < 4.78 is 20.3. The van der Waals surface area contributed by atoms with E-state index in [1.54, 1.807) is 25.1 Å². The molecule has 0 spiro atoms. The highest BCUT2D eigenvalue weighted by Gasteiger charge is 2.47. The third kappa shape index (κ3) is 3.42. The Kier molecular flexibility index (Phi) is 6.02. The van der Waals surface area contributed by atoms with Crippen molar-refractivity contribution in [2.24, 2.45) is 11.8 Å². The molecular weight excluding hydrogens is 340 g/mol. The summed E-state index contributed by atoms with van der Waals surface area (Å²) in [6.45, 7) is 1.67. The molecule has 3 atom stereocenters. The topological polar surface area (TPSA) is 88.1 Å². The molecular formula is C19H22O7. The number of ketones is 1. The Morgan fingerprint density at radius 3 is 2.00 bits per heavy atom. The zero-order valence-corrected chi connectivity index (χ0v) is 15.4. The largest absolute Gasteiger partial charge is 0.493 e. The van der Waals surface area contributed by atoms with Gasteiger partial charge < -0.3 is 18.9 Å². The number of hydrogen-bond acceptors (Lipinski definition) is 7. The molecule has 0 amide bonds. The van der Waals surface area contributed by atoms with Gasteiger partial charge in [0.05, 0.1) is 34.4 Å². The molecule has 0 heterocycles. The lowest BCUT2D eigenvalue weighted by Crippen LogP contribution is -2.41. The second-order valence-electron chi connectivity index (χ2n) is 5.93. The molecule has 7 heteroatoms. The third-order valence-electron chi connectivity index (χ3n) is 4.59. The van der Waals surface area contributed by atoms with E-state index in [2.05, 4.69) is 0 Å². The number of esters is 2. The van der Waals surface area contributed by atoms with Crippen LogP contribution in [-0.2, 0) is 23.9 Å². The van der Waals surface area contributed by atoms with Crippen molar-refractivity contribution in [3.8, 4) is 11.5 Å². The number of ether oxygens (including phenoxy) is 4. The minimum atomic E-state index is -1.15. The van der Waals surface area contributed by atoms with E-state index in [-0.39, 0.29) is 0 Å². The van der Waals surface area contributed by atoms with Crippen molar-refractivity contribution < 1.29 is 33.3 Å². The fraction of sp³-hybridized carbons (Fsp3) is 0.421. The highest BCUT2D eigenvalue weighted by Crippen LogP contribution is 2.44. The van der Waals surface area contributed by atoms with Crippen LogP contribution in [0.2, 0.25) is 0 Å². The van der Waals surface area contributed by atoms with Crippen LogP contribution in [0, 0.1) is 11.8 Å². The van der Waals surface area contributed by atoms with Crippen LogP contribution in [0.1, 0.15) is 18.4 Å². The van der Waals surface area contributed by atoms with Gasteiger partial charge in [0.15, 0.2) is 17.3 Å². The first kappa shape index (κ1) is 19.5. The quantitative estimate of drug-likeness (QED) is 0.584. The lowest BCUT2D eigenvalue weighted by Gasteiger charge is -2.34. The van der Waals surface area contributed by atoms with Gasteiger partial charge in [0, 0.05) is 5.92 Å². The zero-order chi connectivity index (χ0) is 19.4. The van der Waals surface area contributed by atoms with Gasteiger partial charge in [-0.05, 0) is 30.7 Å². The molecule has 3 unspecified atom stereocenters. The molecule has 1 aromatic rings. The summed E-state index contributed by atoms with van der Waals surface area (Å²) in [5, 5.41) is 0. The minimum Gasteiger partial charge on any atom is -0.493 e. The molecule has 0 radical (unpaired) electrons. The molecule has 0 aromatic heterocycles. The highest BCUT2D eigenvalue weighted by atomic mass is 16.5. The van der Waals surface area contributed by atoms with Crippen molar-refractivity contribution in [2.45, 2.75) is 12.8 Å². The highest BCUT2D eigenvalue weighted by molar-refractivity contribution is 6.08. The molecule has 0 saturated heterocycles. The van der Waals surface area contributed by atoms with E-state index in [1.165, 1.54) is 34.5 Å². The summed E-state index contributed by atoms with van der Waals surface area (Å²) in [4.78, 5) is 37.3. The number of benzene rings is 1. The van der Waals surface area contributed by atoms with Gasteiger partial charge in [-0.25, -0.2) is 0 Å². The number of hydrogen-bond donors (Lipinski definition) is 0. The van der Waals surface area contributed by atoms with E-state index >= 15 is 0 Å². The number of carbonyl (C=O) groups excluding carboxylic acids is 3. The van der Waals surface area contributed by atoms with E-state index in [9.17, 15) is 14.4 Å². The van der Waals surface area contributed by atoms with Gasteiger partial charge in [-0.15, -0.1) is 0 Å². The molecule has 26 heavy (non-hydrogen) atoms. The maximum absolute atomic E-state index is 12.5. The van der Waals surface area contributed by atoms with Crippen LogP contribution >= 0.6 is 0 Å². The van der Waals surface area contributed by atoms with Crippen molar-refractivity contribution in [1.29, 1.82) is 0 Å². The average molecular weight is 362 g/mol. The molecule has 0 N–H and O–H groups in total. The Morgan fingerprint density at radius 2 is 1.46 bits per heavy atom. The Bertz CT molecular complexity index is 750. The van der Waals surface area contributed by atoms with Gasteiger partial charge in [0.2, 0.25) is 0 Å². The lowest BCUT2D eigenvalue weighted by molar-refractivity contribution is -0.152. The van der Waals surface area contributed by atoms with Crippen LogP contribution in [0.4, 0.5) is 0 Å². The molecule has 0 bridgehead atoms. The van der Waals surface area contributed by atoms with Crippen LogP contribution in [-0.4, -0.2) is 46.2 Å². The summed E-state index contributed by atoms with van der Waals surface area (Å²) in [6.07, 6.45) is 1.31. The van der Waals surface area contributed by atoms with Crippen molar-refractivity contribution in [3.05, 3.63) is 35.4 Å². The number of carbonyl (C=O) groups is 3. The lowest BCUT2D eigenvalue weighted by atomic mass is 9.68. The van der Waals surface area contributed by atoms with Gasteiger partial charge in [0.1, 0.15) is 5.92 Å². The molecule has 0 saturated carbocycles. The Hall–Kier alpha value is -2.83. The smallest absolute Gasteiger partial charge is 0.317 e. The zero-order valence-electron chi connectivity index (χ0n) is 15.4. The van der Waals surface area contributed by atoms with E-state index in [1.807, 2.05) is 0 Å². The van der Waals surface area contributed by atoms with E-state index < -0.39 is 35.5 Å². The Labute approximate surface area is 151 Å². The standard InChI is InChI=1S/C19H22O7/c1-10-8-12(20)17(19(22)26-5)16(15(10)18(21)25-4)11-6-7-13(23-2)14(9-11)24-3/h6-9,15-17H,1-5H3. The molecule has 2 rings (SSSR count). The first-order valence-corrected chi connectivity index (χ1v) is 7.99. The summed E-state index contributed by atoms with van der Waals surface area (Å²) in [7, 11) is 5.46. The van der Waals surface area contributed by atoms with E-state index in [4.69, 9.17) is 18.9 Å². The van der Waals surface area contributed by atoms with Gasteiger partial charge in [-0.2, -0.15) is 0 Å². The molecule has 1 aliphatic carbocycles. The number of rotatable bonds is 5. The Balaban J connectivity index is 2.67. The first-order chi connectivity index (χ1) is 12.4.